The van der Waals surface area contributed by atoms with Crippen LogP contribution in [0.5, 0.6) is 5.75 Å². The first kappa shape index (κ1) is 15.5. The SMILES string of the molecule is C=C/C=C(/C)c1cccc(OC)c1C.CCC. The standard InChI is InChI=1S/C13H16O.C3H8/c1-5-7-10(2)12-8-6-9-13(14-4)11(12)3;1-3-2/h5-9H,1H2,2-4H3;3H2,1-2H3/b10-7-;. The number of hydrogen-bond acceptors (Lipinski definition) is 1. The zero-order valence-corrected chi connectivity index (χ0v) is 11.7. The van der Waals surface area contributed by atoms with E-state index in [1.165, 1.54) is 23.1 Å². The lowest BCUT2D eigenvalue weighted by atomic mass is 10.0. The molecule has 0 aliphatic carbocycles. The molecule has 0 aliphatic heterocycles. The number of ether oxygens (including phenoxy) is 1. The van der Waals surface area contributed by atoms with Crippen molar-refractivity contribution in [1.29, 1.82) is 0 Å². The van der Waals surface area contributed by atoms with Crippen LogP contribution in [0.1, 0.15) is 38.3 Å². The van der Waals surface area contributed by atoms with E-state index in [-0.39, 0.29) is 0 Å². The average molecular weight is 232 g/mol. The van der Waals surface area contributed by atoms with Crippen LogP contribution in [0.4, 0.5) is 0 Å². The van der Waals surface area contributed by atoms with E-state index in [9.17, 15) is 0 Å². The molecule has 1 heteroatoms. The highest BCUT2D eigenvalue weighted by molar-refractivity contribution is 5.69. The largest absolute Gasteiger partial charge is 0.496 e. The minimum Gasteiger partial charge on any atom is -0.496 e. The summed E-state index contributed by atoms with van der Waals surface area (Å²) >= 11 is 0. The Morgan fingerprint density at radius 2 is 1.94 bits per heavy atom. The minimum atomic E-state index is 0.930. The molecule has 0 N–H and O–H groups in total. The summed E-state index contributed by atoms with van der Waals surface area (Å²) in [6, 6.07) is 6.06. The molecule has 0 amide bonds. The second-order valence-corrected chi connectivity index (χ2v) is 3.93. The second kappa shape index (κ2) is 8.63. The molecule has 0 bridgehead atoms. The van der Waals surface area contributed by atoms with E-state index < -0.39 is 0 Å². The van der Waals surface area contributed by atoms with Gasteiger partial charge in [0.05, 0.1) is 7.11 Å². The van der Waals surface area contributed by atoms with Crippen molar-refractivity contribution < 1.29 is 4.74 Å². The molecule has 1 aromatic carbocycles. The zero-order chi connectivity index (χ0) is 13.3. The first-order chi connectivity index (χ1) is 8.12. The molecule has 0 radical (unpaired) electrons. The van der Waals surface area contributed by atoms with Crippen molar-refractivity contribution in [3.8, 4) is 5.75 Å². The van der Waals surface area contributed by atoms with E-state index in [2.05, 4.69) is 40.3 Å². The maximum atomic E-state index is 5.26. The van der Waals surface area contributed by atoms with Crippen LogP contribution < -0.4 is 4.74 Å². The third-order valence-electron chi connectivity index (χ3n) is 2.30. The molecule has 0 spiro atoms. The van der Waals surface area contributed by atoms with Crippen LogP contribution in [0.2, 0.25) is 0 Å². The van der Waals surface area contributed by atoms with Crippen LogP contribution >= 0.6 is 0 Å². The Labute approximate surface area is 106 Å². The minimum absolute atomic E-state index is 0.930. The van der Waals surface area contributed by atoms with E-state index >= 15 is 0 Å². The van der Waals surface area contributed by atoms with Gasteiger partial charge in [0.25, 0.3) is 0 Å². The van der Waals surface area contributed by atoms with Crippen LogP contribution in [0.3, 0.4) is 0 Å². The lowest BCUT2D eigenvalue weighted by Gasteiger charge is -2.10. The summed E-state index contributed by atoms with van der Waals surface area (Å²) in [7, 11) is 1.69. The average Bonchev–Trinajstić information content (AvgIpc) is 2.30. The highest BCUT2D eigenvalue weighted by atomic mass is 16.5. The van der Waals surface area contributed by atoms with E-state index in [0.29, 0.717) is 0 Å². The molecule has 94 valence electrons. The van der Waals surface area contributed by atoms with Crippen molar-refractivity contribution in [3.05, 3.63) is 48.1 Å². The van der Waals surface area contributed by atoms with Gasteiger partial charge in [0.2, 0.25) is 0 Å². The topological polar surface area (TPSA) is 9.23 Å². The van der Waals surface area contributed by atoms with Crippen molar-refractivity contribution in [2.75, 3.05) is 7.11 Å². The lowest BCUT2D eigenvalue weighted by Crippen LogP contribution is -1.91. The number of allylic oxidation sites excluding steroid dienone is 3. The van der Waals surface area contributed by atoms with Crippen LogP contribution in [0, 0.1) is 6.92 Å². The lowest BCUT2D eigenvalue weighted by molar-refractivity contribution is 0.411. The molecular formula is C16H24O. The van der Waals surface area contributed by atoms with Crippen molar-refractivity contribution >= 4 is 5.57 Å². The quantitative estimate of drug-likeness (QED) is 0.666. The number of benzene rings is 1. The molecule has 0 heterocycles. The molecule has 0 saturated heterocycles. The van der Waals surface area contributed by atoms with E-state index in [0.717, 1.165) is 5.75 Å². The fourth-order valence-electron chi connectivity index (χ4n) is 1.53. The first-order valence-electron chi connectivity index (χ1n) is 6.05. The molecule has 0 unspecified atom stereocenters. The molecule has 0 aromatic heterocycles. The van der Waals surface area contributed by atoms with Gasteiger partial charge in [-0.3, -0.25) is 0 Å². The first-order valence-corrected chi connectivity index (χ1v) is 6.05. The fourth-order valence-corrected chi connectivity index (χ4v) is 1.53. The summed E-state index contributed by atoms with van der Waals surface area (Å²) in [6.45, 7) is 12.1. The molecule has 0 saturated carbocycles. The highest BCUT2D eigenvalue weighted by Crippen LogP contribution is 2.26. The van der Waals surface area contributed by atoms with Crippen LogP contribution in [-0.2, 0) is 0 Å². The molecule has 0 fully saturated rings. The van der Waals surface area contributed by atoms with Crippen molar-refractivity contribution in [1.82, 2.24) is 0 Å². The summed E-state index contributed by atoms with van der Waals surface area (Å²) in [5.41, 5.74) is 3.59. The van der Waals surface area contributed by atoms with Crippen molar-refractivity contribution in [2.24, 2.45) is 0 Å². The Morgan fingerprint density at radius 3 is 2.41 bits per heavy atom. The van der Waals surface area contributed by atoms with Gasteiger partial charge in [0.1, 0.15) is 5.75 Å². The molecule has 1 nitrogen and oxygen atoms in total. The molecular weight excluding hydrogens is 208 g/mol. The monoisotopic (exact) mass is 232 g/mol. The molecule has 1 rings (SSSR count). The van der Waals surface area contributed by atoms with Gasteiger partial charge in [0.15, 0.2) is 0 Å². The molecule has 0 atom stereocenters. The Bertz CT molecular complexity index is 375. The van der Waals surface area contributed by atoms with Crippen LogP contribution in [0.25, 0.3) is 5.57 Å². The Balaban J connectivity index is 0.000000770. The highest BCUT2D eigenvalue weighted by Gasteiger charge is 2.04. The maximum Gasteiger partial charge on any atom is 0.122 e. The van der Waals surface area contributed by atoms with Gasteiger partial charge >= 0.3 is 0 Å². The summed E-state index contributed by atoms with van der Waals surface area (Å²) in [5, 5.41) is 0. The fraction of sp³-hybridized carbons (Fsp3) is 0.375. The Hall–Kier alpha value is -1.50. The van der Waals surface area contributed by atoms with Gasteiger partial charge in [-0.25, -0.2) is 0 Å². The normalized spacial score (nSPS) is 10.3. The van der Waals surface area contributed by atoms with E-state index in [1.807, 2.05) is 18.2 Å². The van der Waals surface area contributed by atoms with Crippen LogP contribution in [-0.4, -0.2) is 7.11 Å². The molecule has 0 aliphatic rings. The van der Waals surface area contributed by atoms with Gasteiger partial charge < -0.3 is 4.74 Å². The summed E-state index contributed by atoms with van der Waals surface area (Å²) in [6.07, 6.45) is 5.05. The van der Waals surface area contributed by atoms with Gasteiger partial charge in [-0.2, -0.15) is 0 Å². The van der Waals surface area contributed by atoms with Crippen molar-refractivity contribution in [2.45, 2.75) is 34.1 Å². The number of rotatable bonds is 3. The van der Waals surface area contributed by atoms with Gasteiger partial charge in [-0.15, -0.1) is 0 Å². The summed E-state index contributed by atoms with van der Waals surface area (Å²) in [5.74, 6) is 0.930. The number of methoxy groups -OCH3 is 1. The summed E-state index contributed by atoms with van der Waals surface area (Å²) in [4.78, 5) is 0. The second-order valence-electron chi connectivity index (χ2n) is 3.93. The third-order valence-corrected chi connectivity index (χ3v) is 2.30. The predicted molar refractivity (Wildman–Crippen MR) is 77.5 cm³/mol. The van der Waals surface area contributed by atoms with Gasteiger partial charge in [-0.05, 0) is 36.6 Å². The van der Waals surface area contributed by atoms with Gasteiger partial charge in [0, 0.05) is 0 Å². The smallest absolute Gasteiger partial charge is 0.122 e. The number of hydrogen-bond donors (Lipinski definition) is 0. The Morgan fingerprint density at radius 1 is 1.35 bits per heavy atom. The van der Waals surface area contributed by atoms with Crippen LogP contribution in [0.15, 0.2) is 36.9 Å². The van der Waals surface area contributed by atoms with Crippen molar-refractivity contribution in [3.63, 3.8) is 0 Å². The maximum absolute atomic E-state index is 5.26. The molecule has 1 aromatic rings. The third kappa shape index (κ3) is 4.90. The molecule has 17 heavy (non-hydrogen) atoms. The predicted octanol–water partition coefficient (Wildman–Crippen LogP) is 5.01. The Kier molecular flexibility index (Phi) is 7.87. The van der Waals surface area contributed by atoms with E-state index in [4.69, 9.17) is 4.74 Å². The zero-order valence-electron chi connectivity index (χ0n) is 11.7. The van der Waals surface area contributed by atoms with Gasteiger partial charge in [-0.1, -0.05) is 51.1 Å². The van der Waals surface area contributed by atoms with E-state index in [1.54, 1.807) is 13.2 Å². The summed E-state index contributed by atoms with van der Waals surface area (Å²) < 4.78 is 5.26.